The van der Waals surface area contributed by atoms with Gasteiger partial charge in [0.1, 0.15) is 23.6 Å². The van der Waals surface area contributed by atoms with Crippen molar-refractivity contribution in [2.24, 2.45) is 4.99 Å². The van der Waals surface area contributed by atoms with Gasteiger partial charge in [-0.15, -0.1) is 0 Å². The predicted molar refractivity (Wildman–Crippen MR) is 103 cm³/mol. The van der Waals surface area contributed by atoms with E-state index in [9.17, 15) is 4.79 Å². The fourth-order valence-corrected chi connectivity index (χ4v) is 2.45. The summed E-state index contributed by atoms with van der Waals surface area (Å²) in [6, 6.07) is 7.13. The molecule has 0 atom stereocenters. The molecule has 0 fully saturated rings. The molecule has 27 heavy (non-hydrogen) atoms. The maximum Gasteiger partial charge on any atom is 0.341 e. The Morgan fingerprint density at radius 2 is 1.89 bits per heavy atom. The highest BCUT2D eigenvalue weighted by Crippen LogP contribution is 2.29. The minimum Gasteiger partial charge on any atom is -0.493 e. The third-order valence-corrected chi connectivity index (χ3v) is 3.76. The van der Waals surface area contributed by atoms with Gasteiger partial charge in [-0.1, -0.05) is 0 Å². The molecule has 0 saturated heterocycles. The first-order chi connectivity index (χ1) is 13.0. The molecule has 0 unspecified atom stereocenters. The van der Waals surface area contributed by atoms with Crippen molar-refractivity contribution in [1.29, 1.82) is 0 Å². The second-order valence-corrected chi connectivity index (χ2v) is 5.56. The van der Waals surface area contributed by atoms with Crippen molar-refractivity contribution in [3.63, 3.8) is 0 Å². The molecule has 0 amide bonds. The molecule has 0 radical (unpaired) electrons. The van der Waals surface area contributed by atoms with Crippen molar-refractivity contribution in [3.8, 4) is 11.5 Å². The maximum absolute atomic E-state index is 11.7. The van der Waals surface area contributed by atoms with Crippen molar-refractivity contribution in [1.82, 2.24) is 5.32 Å². The smallest absolute Gasteiger partial charge is 0.341 e. The van der Waals surface area contributed by atoms with Gasteiger partial charge in [-0.25, -0.2) is 9.79 Å². The molecule has 0 spiro atoms. The van der Waals surface area contributed by atoms with E-state index in [1.807, 2.05) is 25.1 Å². The Morgan fingerprint density at radius 3 is 2.52 bits per heavy atom. The standard InChI is InChI=1S/C19H25N3O5/c1-6-20-19(22-13-7-8-16(24-3)17(9-13)25-4)21-11-14-10-15(12(2)27-14)18(23)26-5/h7-10H,6,11H2,1-5H3,(H2,20,21,22). The van der Waals surface area contributed by atoms with E-state index in [4.69, 9.17) is 18.6 Å². The second-order valence-electron chi connectivity index (χ2n) is 5.56. The number of esters is 1. The molecular weight excluding hydrogens is 350 g/mol. The molecule has 0 saturated carbocycles. The number of hydrogen-bond donors (Lipinski definition) is 2. The molecule has 1 aromatic heterocycles. The van der Waals surface area contributed by atoms with Gasteiger partial charge in [0.15, 0.2) is 17.5 Å². The van der Waals surface area contributed by atoms with Crippen LogP contribution in [-0.4, -0.2) is 39.8 Å². The average molecular weight is 375 g/mol. The zero-order valence-corrected chi connectivity index (χ0v) is 16.2. The van der Waals surface area contributed by atoms with Crippen LogP contribution in [0.2, 0.25) is 0 Å². The summed E-state index contributed by atoms with van der Waals surface area (Å²) in [4.78, 5) is 16.2. The molecule has 1 heterocycles. The first kappa shape index (κ1) is 20.2. The molecule has 0 aliphatic rings. The molecule has 0 bridgehead atoms. The normalized spacial score (nSPS) is 11.1. The first-order valence-electron chi connectivity index (χ1n) is 8.47. The van der Waals surface area contributed by atoms with Crippen LogP contribution in [0.1, 0.15) is 28.8 Å². The van der Waals surface area contributed by atoms with Gasteiger partial charge < -0.3 is 29.3 Å². The molecule has 2 aromatic rings. The van der Waals surface area contributed by atoms with Crippen molar-refractivity contribution >= 4 is 17.6 Å². The molecule has 2 N–H and O–H groups in total. The summed E-state index contributed by atoms with van der Waals surface area (Å²) < 4.78 is 20.9. The van der Waals surface area contributed by atoms with Crippen LogP contribution < -0.4 is 20.1 Å². The van der Waals surface area contributed by atoms with E-state index in [0.717, 1.165) is 5.69 Å². The Hall–Kier alpha value is -3.16. The number of aryl methyl sites for hydroxylation is 1. The molecular formula is C19H25N3O5. The first-order valence-corrected chi connectivity index (χ1v) is 8.47. The summed E-state index contributed by atoms with van der Waals surface area (Å²) in [6.45, 7) is 4.63. The van der Waals surface area contributed by atoms with Gasteiger partial charge in [-0.2, -0.15) is 0 Å². The summed E-state index contributed by atoms with van der Waals surface area (Å²) in [5.41, 5.74) is 1.19. The predicted octanol–water partition coefficient (Wildman–Crippen LogP) is 2.97. The summed E-state index contributed by atoms with van der Waals surface area (Å²) in [5, 5.41) is 6.36. The van der Waals surface area contributed by atoms with Crippen LogP contribution in [0.15, 0.2) is 33.7 Å². The summed E-state index contributed by atoms with van der Waals surface area (Å²) in [5.74, 6) is 2.47. The van der Waals surface area contributed by atoms with Crippen molar-refractivity contribution < 1.29 is 23.4 Å². The van der Waals surface area contributed by atoms with Crippen LogP contribution in [0.4, 0.5) is 5.69 Å². The minimum atomic E-state index is -0.429. The largest absolute Gasteiger partial charge is 0.493 e. The minimum absolute atomic E-state index is 0.264. The number of hydrogen-bond acceptors (Lipinski definition) is 6. The van der Waals surface area contributed by atoms with Gasteiger partial charge in [-0.05, 0) is 32.0 Å². The lowest BCUT2D eigenvalue weighted by Crippen LogP contribution is -2.30. The second kappa shape index (κ2) is 9.51. The number of rotatable bonds is 7. The average Bonchev–Trinajstić information content (AvgIpc) is 3.06. The van der Waals surface area contributed by atoms with Crippen molar-refractivity contribution in [2.45, 2.75) is 20.4 Å². The van der Waals surface area contributed by atoms with Gasteiger partial charge in [0.2, 0.25) is 0 Å². The lowest BCUT2D eigenvalue weighted by molar-refractivity contribution is 0.0599. The van der Waals surface area contributed by atoms with Gasteiger partial charge >= 0.3 is 5.97 Å². The number of aliphatic imine (C=N–C) groups is 1. The Kier molecular flexibility index (Phi) is 7.10. The topological polar surface area (TPSA) is 94.3 Å². The van der Waals surface area contributed by atoms with Crippen LogP contribution in [0.5, 0.6) is 11.5 Å². The van der Waals surface area contributed by atoms with Crippen LogP contribution in [0.25, 0.3) is 0 Å². The number of nitrogens with one attached hydrogen (secondary N) is 2. The molecule has 2 rings (SSSR count). The van der Waals surface area contributed by atoms with Gasteiger partial charge in [-0.3, -0.25) is 0 Å². The Labute approximate surface area is 158 Å². The molecule has 8 heteroatoms. The summed E-state index contributed by atoms with van der Waals surface area (Å²) in [7, 11) is 4.51. The third-order valence-electron chi connectivity index (χ3n) is 3.76. The SMILES string of the molecule is CCNC(=NCc1cc(C(=O)OC)c(C)o1)Nc1ccc(OC)c(OC)c1. The summed E-state index contributed by atoms with van der Waals surface area (Å²) in [6.07, 6.45) is 0. The van der Waals surface area contributed by atoms with Gasteiger partial charge in [0, 0.05) is 18.3 Å². The van der Waals surface area contributed by atoms with E-state index in [1.165, 1.54) is 7.11 Å². The van der Waals surface area contributed by atoms with E-state index >= 15 is 0 Å². The Bertz CT molecular complexity index is 814. The number of methoxy groups -OCH3 is 3. The van der Waals surface area contributed by atoms with Crippen LogP contribution in [-0.2, 0) is 11.3 Å². The van der Waals surface area contributed by atoms with Gasteiger partial charge in [0.25, 0.3) is 0 Å². The highest BCUT2D eigenvalue weighted by molar-refractivity contribution is 5.94. The molecule has 0 aliphatic carbocycles. The highest BCUT2D eigenvalue weighted by Gasteiger charge is 2.15. The summed E-state index contributed by atoms with van der Waals surface area (Å²) >= 11 is 0. The van der Waals surface area contributed by atoms with E-state index < -0.39 is 5.97 Å². The lowest BCUT2D eigenvalue weighted by atomic mass is 10.2. The lowest BCUT2D eigenvalue weighted by Gasteiger charge is -2.13. The van der Waals surface area contributed by atoms with Crippen molar-refractivity contribution in [3.05, 3.63) is 41.3 Å². The number of benzene rings is 1. The fraction of sp³-hybridized carbons (Fsp3) is 0.368. The van der Waals surface area contributed by atoms with Crippen LogP contribution in [0, 0.1) is 6.92 Å². The number of furan rings is 1. The van der Waals surface area contributed by atoms with Crippen LogP contribution in [0.3, 0.4) is 0 Å². The molecule has 1 aromatic carbocycles. The van der Waals surface area contributed by atoms with E-state index in [-0.39, 0.29) is 6.54 Å². The Balaban J connectivity index is 2.16. The zero-order chi connectivity index (χ0) is 19.8. The fourth-order valence-electron chi connectivity index (χ4n) is 2.45. The maximum atomic E-state index is 11.7. The number of nitrogens with zero attached hydrogens (tertiary/aromatic N) is 1. The van der Waals surface area contributed by atoms with E-state index in [2.05, 4.69) is 15.6 Å². The van der Waals surface area contributed by atoms with Gasteiger partial charge in [0.05, 0.1) is 21.3 Å². The zero-order valence-electron chi connectivity index (χ0n) is 16.2. The quantitative estimate of drug-likeness (QED) is 0.436. The third kappa shape index (κ3) is 5.16. The van der Waals surface area contributed by atoms with Crippen molar-refractivity contribution in [2.75, 3.05) is 33.2 Å². The van der Waals surface area contributed by atoms with E-state index in [1.54, 1.807) is 27.2 Å². The monoisotopic (exact) mass is 375 g/mol. The molecule has 146 valence electrons. The number of guanidine groups is 1. The molecule has 8 nitrogen and oxygen atoms in total. The number of anilines is 1. The molecule has 0 aliphatic heterocycles. The number of ether oxygens (including phenoxy) is 3. The van der Waals surface area contributed by atoms with E-state index in [0.29, 0.717) is 41.1 Å². The highest BCUT2D eigenvalue weighted by atomic mass is 16.5. The number of carbonyl (C=O) groups is 1. The van der Waals surface area contributed by atoms with Crippen LogP contribution >= 0.6 is 0 Å². The Morgan fingerprint density at radius 1 is 1.15 bits per heavy atom. The number of carbonyl (C=O) groups excluding carboxylic acids is 1.